The summed E-state index contributed by atoms with van der Waals surface area (Å²) in [5, 5.41) is 0. The number of carbonyl (C=O) groups is 1. The molecule has 3 aromatic rings. The van der Waals surface area contributed by atoms with E-state index in [4.69, 9.17) is 4.74 Å². The van der Waals surface area contributed by atoms with Gasteiger partial charge in [-0.15, -0.1) is 0 Å². The van der Waals surface area contributed by atoms with Crippen LogP contribution in [-0.2, 0) is 9.84 Å². The highest BCUT2D eigenvalue weighted by Crippen LogP contribution is 2.22. The fourth-order valence-corrected chi connectivity index (χ4v) is 3.01. The fourth-order valence-electron chi connectivity index (χ4n) is 2.38. The molecule has 0 aromatic heterocycles. The third kappa shape index (κ3) is 4.14. The van der Waals surface area contributed by atoms with Crippen LogP contribution in [0, 0.1) is 0 Å². The average molecular weight is 352 g/mol. The highest BCUT2D eigenvalue weighted by molar-refractivity contribution is 7.90. The van der Waals surface area contributed by atoms with Crippen LogP contribution >= 0.6 is 0 Å². The van der Waals surface area contributed by atoms with E-state index < -0.39 is 15.8 Å². The summed E-state index contributed by atoms with van der Waals surface area (Å²) < 4.78 is 28.2. The molecule has 3 aromatic carbocycles. The number of carbonyl (C=O) groups excluding carboxylic acids is 1. The lowest BCUT2D eigenvalue weighted by molar-refractivity contribution is 0.0734. The van der Waals surface area contributed by atoms with Crippen LogP contribution in [0.3, 0.4) is 0 Å². The SMILES string of the molecule is CS(=O)(=O)c1ccc(OC(=O)c2cccc(-c3ccccc3)c2)cc1. The predicted molar refractivity (Wildman–Crippen MR) is 96.4 cm³/mol. The molecule has 0 fully saturated rings. The minimum Gasteiger partial charge on any atom is -0.423 e. The number of esters is 1. The first-order valence-corrected chi connectivity index (χ1v) is 9.50. The Morgan fingerprint density at radius 2 is 1.44 bits per heavy atom. The zero-order chi connectivity index (χ0) is 17.9. The highest BCUT2D eigenvalue weighted by Gasteiger charge is 2.11. The Kier molecular flexibility index (Phi) is 4.67. The van der Waals surface area contributed by atoms with Crippen molar-refractivity contribution in [1.82, 2.24) is 0 Å². The average Bonchev–Trinajstić information content (AvgIpc) is 2.62. The van der Waals surface area contributed by atoms with Crippen LogP contribution in [0.4, 0.5) is 0 Å². The van der Waals surface area contributed by atoms with Gasteiger partial charge in [0.25, 0.3) is 0 Å². The molecular formula is C20H16O4S. The van der Waals surface area contributed by atoms with E-state index in [0.717, 1.165) is 17.4 Å². The van der Waals surface area contributed by atoms with Crippen LogP contribution in [0.5, 0.6) is 5.75 Å². The molecule has 3 rings (SSSR count). The van der Waals surface area contributed by atoms with Gasteiger partial charge in [-0.3, -0.25) is 0 Å². The van der Waals surface area contributed by atoms with Crippen molar-refractivity contribution in [3.8, 4) is 16.9 Å². The lowest BCUT2D eigenvalue weighted by Gasteiger charge is -2.07. The molecule has 0 N–H and O–H groups in total. The first kappa shape index (κ1) is 16.9. The summed E-state index contributed by atoms with van der Waals surface area (Å²) in [5.74, 6) is -0.201. The van der Waals surface area contributed by atoms with Gasteiger partial charge in [0.2, 0.25) is 0 Å². The lowest BCUT2D eigenvalue weighted by Crippen LogP contribution is -2.08. The second-order valence-corrected chi connectivity index (χ2v) is 7.60. The van der Waals surface area contributed by atoms with Crippen LogP contribution in [-0.4, -0.2) is 20.6 Å². The standard InChI is InChI=1S/C20H16O4S/c1-25(22,23)19-12-10-18(11-13-19)24-20(21)17-9-5-8-16(14-17)15-6-3-2-4-7-15/h2-14H,1H3. The molecule has 0 radical (unpaired) electrons. The molecule has 0 aliphatic heterocycles. The van der Waals surface area contributed by atoms with E-state index in [1.807, 2.05) is 36.4 Å². The summed E-state index contributed by atoms with van der Waals surface area (Å²) >= 11 is 0. The molecule has 0 spiro atoms. The number of sulfone groups is 1. The smallest absolute Gasteiger partial charge is 0.343 e. The maximum absolute atomic E-state index is 12.3. The molecular weight excluding hydrogens is 336 g/mol. The van der Waals surface area contributed by atoms with Crippen molar-refractivity contribution >= 4 is 15.8 Å². The largest absolute Gasteiger partial charge is 0.423 e. The van der Waals surface area contributed by atoms with E-state index in [2.05, 4.69) is 0 Å². The summed E-state index contributed by atoms with van der Waals surface area (Å²) in [4.78, 5) is 12.5. The predicted octanol–water partition coefficient (Wildman–Crippen LogP) is 3.98. The maximum Gasteiger partial charge on any atom is 0.343 e. The van der Waals surface area contributed by atoms with Crippen molar-refractivity contribution in [2.45, 2.75) is 4.90 Å². The van der Waals surface area contributed by atoms with E-state index in [0.29, 0.717) is 11.3 Å². The Labute approximate surface area is 146 Å². The van der Waals surface area contributed by atoms with Crippen molar-refractivity contribution in [2.75, 3.05) is 6.26 Å². The topological polar surface area (TPSA) is 60.4 Å². The van der Waals surface area contributed by atoms with Crippen LogP contribution in [0.15, 0.2) is 83.8 Å². The first-order chi connectivity index (χ1) is 11.9. The number of ether oxygens (including phenoxy) is 1. The van der Waals surface area contributed by atoms with Gasteiger partial charge in [-0.25, -0.2) is 13.2 Å². The van der Waals surface area contributed by atoms with Crippen LogP contribution in [0.1, 0.15) is 10.4 Å². The number of hydrogen-bond donors (Lipinski definition) is 0. The zero-order valence-electron chi connectivity index (χ0n) is 13.5. The minimum atomic E-state index is -3.28. The van der Waals surface area contributed by atoms with Crippen LogP contribution in [0.25, 0.3) is 11.1 Å². The Bertz CT molecular complexity index is 991. The summed E-state index contributed by atoms with van der Waals surface area (Å²) in [5.41, 5.74) is 2.35. The third-order valence-electron chi connectivity index (χ3n) is 3.67. The summed E-state index contributed by atoms with van der Waals surface area (Å²) in [6, 6.07) is 22.7. The molecule has 0 bridgehead atoms. The van der Waals surface area contributed by atoms with Crippen molar-refractivity contribution < 1.29 is 17.9 Å². The summed E-state index contributed by atoms with van der Waals surface area (Å²) in [6.07, 6.45) is 1.13. The molecule has 5 heteroatoms. The molecule has 0 aliphatic carbocycles. The van der Waals surface area contributed by atoms with Crippen LogP contribution in [0.2, 0.25) is 0 Å². The Morgan fingerprint density at radius 1 is 0.800 bits per heavy atom. The Balaban J connectivity index is 1.80. The van der Waals surface area contributed by atoms with Gasteiger partial charge in [0, 0.05) is 6.26 Å². The fraction of sp³-hybridized carbons (Fsp3) is 0.0500. The van der Waals surface area contributed by atoms with Gasteiger partial charge in [-0.1, -0.05) is 42.5 Å². The molecule has 0 aliphatic rings. The summed E-state index contributed by atoms with van der Waals surface area (Å²) in [6.45, 7) is 0. The molecule has 126 valence electrons. The van der Waals surface area contributed by atoms with Gasteiger partial charge in [0.1, 0.15) is 5.75 Å². The van der Waals surface area contributed by atoms with Gasteiger partial charge < -0.3 is 4.74 Å². The van der Waals surface area contributed by atoms with E-state index >= 15 is 0 Å². The number of benzene rings is 3. The third-order valence-corrected chi connectivity index (χ3v) is 4.80. The monoisotopic (exact) mass is 352 g/mol. The molecule has 25 heavy (non-hydrogen) atoms. The van der Waals surface area contributed by atoms with Crippen molar-refractivity contribution in [1.29, 1.82) is 0 Å². The highest BCUT2D eigenvalue weighted by atomic mass is 32.2. The maximum atomic E-state index is 12.3. The summed E-state index contributed by atoms with van der Waals surface area (Å²) in [7, 11) is -3.28. The molecule has 0 heterocycles. The minimum absolute atomic E-state index is 0.179. The van der Waals surface area contributed by atoms with Gasteiger partial charge in [-0.05, 0) is 47.5 Å². The Hall–Kier alpha value is -2.92. The zero-order valence-corrected chi connectivity index (χ0v) is 14.4. The van der Waals surface area contributed by atoms with Crippen molar-refractivity contribution in [3.63, 3.8) is 0 Å². The van der Waals surface area contributed by atoms with Gasteiger partial charge in [0.15, 0.2) is 9.84 Å². The van der Waals surface area contributed by atoms with E-state index in [-0.39, 0.29) is 4.90 Å². The normalized spacial score (nSPS) is 11.1. The number of rotatable bonds is 4. The lowest BCUT2D eigenvalue weighted by atomic mass is 10.0. The molecule has 0 atom stereocenters. The number of hydrogen-bond acceptors (Lipinski definition) is 4. The van der Waals surface area contributed by atoms with Gasteiger partial charge in [-0.2, -0.15) is 0 Å². The second kappa shape index (κ2) is 6.91. The Morgan fingerprint density at radius 3 is 2.08 bits per heavy atom. The quantitative estimate of drug-likeness (QED) is 0.526. The van der Waals surface area contributed by atoms with E-state index in [1.165, 1.54) is 24.3 Å². The second-order valence-electron chi connectivity index (χ2n) is 5.58. The molecule has 4 nitrogen and oxygen atoms in total. The van der Waals surface area contributed by atoms with E-state index in [9.17, 15) is 13.2 Å². The van der Waals surface area contributed by atoms with Gasteiger partial charge in [0.05, 0.1) is 10.5 Å². The molecule has 0 saturated heterocycles. The first-order valence-electron chi connectivity index (χ1n) is 7.61. The molecule has 0 amide bonds. The molecule has 0 unspecified atom stereocenters. The van der Waals surface area contributed by atoms with Gasteiger partial charge >= 0.3 is 5.97 Å². The van der Waals surface area contributed by atoms with Crippen LogP contribution < -0.4 is 4.74 Å². The van der Waals surface area contributed by atoms with Crippen molar-refractivity contribution in [2.24, 2.45) is 0 Å². The molecule has 0 saturated carbocycles. The van der Waals surface area contributed by atoms with E-state index in [1.54, 1.807) is 18.2 Å². The van der Waals surface area contributed by atoms with Crippen molar-refractivity contribution in [3.05, 3.63) is 84.4 Å².